The first kappa shape index (κ1) is 19.9. The van der Waals surface area contributed by atoms with Crippen LogP contribution in [-0.4, -0.2) is 24.1 Å². The summed E-state index contributed by atoms with van der Waals surface area (Å²) in [5.41, 5.74) is 2.28. The Morgan fingerprint density at radius 3 is 2.77 bits per heavy atom. The van der Waals surface area contributed by atoms with Crippen LogP contribution in [0.1, 0.15) is 23.9 Å². The molecule has 0 spiro atoms. The quantitative estimate of drug-likeness (QED) is 0.563. The lowest BCUT2D eigenvalue weighted by Gasteiger charge is -2.13. The van der Waals surface area contributed by atoms with Gasteiger partial charge in [0, 0.05) is 22.8 Å². The maximum Gasteiger partial charge on any atom is 0.387 e. The van der Waals surface area contributed by atoms with Crippen molar-refractivity contribution in [3.63, 3.8) is 0 Å². The van der Waals surface area contributed by atoms with Crippen LogP contribution >= 0.6 is 11.6 Å². The maximum absolute atomic E-state index is 12.5. The Balaban J connectivity index is 2.09. The highest BCUT2D eigenvalue weighted by atomic mass is 35.5. The number of hydrogen-bond donors (Lipinski definition) is 2. The lowest BCUT2D eigenvalue weighted by Crippen LogP contribution is -2.37. The van der Waals surface area contributed by atoms with Crippen molar-refractivity contribution in [2.45, 2.75) is 33.5 Å². The average Bonchev–Trinajstić information content (AvgIpc) is 2.59. The number of guanidine groups is 1. The van der Waals surface area contributed by atoms with E-state index < -0.39 is 6.61 Å². The van der Waals surface area contributed by atoms with Crippen LogP contribution in [0.5, 0.6) is 5.75 Å². The summed E-state index contributed by atoms with van der Waals surface area (Å²) in [5, 5.41) is 6.69. The Bertz CT molecular complexity index is 756. The van der Waals surface area contributed by atoms with Crippen molar-refractivity contribution in [1.29, 1.82) is 0 Å². The van der Waals surface area contributed by atoms with E-state index in [9.17, 15) is 8.78 Å². The van der Waals surface area contributed by atoms with Gasteiger partial charge < -0.3 is 15.4 Å². The molecule has 8 heteroatoms. The topological polar surface area (TPSA) is 58.5 Å². The van der Waals surface area contributed by atoms with E-state index in [1.165, 1.54) is 12.1 Å². The predicted molar refractivity (Wildman–Crippen MR) is 98.7 cm³/mol. The molecular formula is C18H21ClF2N4O. The molecule has 0 saturated heterocycles. The lowest BCUT2D eigenvalue weighted by molar-refractivity contribution is -0.0504. The Kier molecular flexibility index (Phi) is 7.59. The van der Waals surface area contributed by atoms with Crippen molar-refractivity contribution >= 4 is 17.6 Å². The number of aromatic nitrogens is 1. The van der Waals surface area contributed by atoms with Gasteiger partial charge in [0.05, 0.1) is 18.8 Å². The fraction of sp³-hybridized carbons (Fsp3) is 0.333. The van der Waals surface area contributed by atoms with E-state index in [1.54, 1.807) is 6.07 Å². The third-order valence-corrected chi connectivity index (χ3v) is 3.61. The van der Waals surface area contributed by atoms with Gasteiger partial charge in [0.2, 0.25) is 0 Å². The second-order valence-corrected chi connectivity index (χ2v) is 5.89. The van der Waals surface area contributed by atoms with Gasteiger partial charge in [-0.3, -0.25) is 4.98 Å². The molecule has 2 aromatic rings. The molecule has 5 nitrogen and oxygen atoms in total. The Hall–Kier alpha value is -2.41. The standard InChI is InChI=1S/C18H21ClF2N4O/c1-3-22-18(24-11-15-6-4-5-12(2)25-15)23-10-13-9-14(19)7-8-16(13)26-17(20)21/h4-9,17H,3,10-11H2,1-2H3,(H2,22,23,24). The maximum atomic E-state index is 12.5. The summed E-state index contributed by atoms with van der Waals surface area (Å²) in [6.45, 7) is 2.24. The van der Waals surface area contributed by atoms with Crippen LogP contribution < -0.4 is 15.4 Å². The summed E-state index contributed by atoms with van der Waals surface area (Å²) >= 11 is 5.95. The molecule has 0 amide bonds. The number of aryl methyl sites for hydroxylation is 1. The number of rotatable bonds is 7. The minimum absolute atomic E-state index is 0.0596. The predicted octanol–water partition coefficient (Wildman–Crippen LogP) is 3.90. The number of hydrogen-bond acceptors (Lipinski definition) is 3. The van der Waals surface area contributed by atoms with Crippen molar-refractivity contribution in [1.82, 2.24) is 15.6 Å². The van der Waals surface area contributed by atoms with E-state index in [-0.39, 0.29) is 12.3 Å². The minimum atomic E-state index is -2.90. The van der Waals surface area contributed by atoms with Crippen molar-refractivity contribution in [3.8, 4) is 5.75 Å². The molecule has 0 radical (unpaired) electrons. The fourth-order valence-electron chi connectivity index (χ4n) is 2.26. The van der Waals surface area contributed by atoms with E-state index in [2.05, 4.69) is 25.3 Å². The fourth-order valence-corrected chi connectivity index (χ4v) is 2.46. The van der Waals surface area contributed by atoms with E-state index in [0.29, 0.717) is 29.6 Å². The summed E-state index contributed by atoms with van der Waals surface area (Å²) in [4.78, 5) is 8.83. The molecule has 1 heterocycles. The highest BCUT2D eigenvalue weighted by Crippen LogP contribution is 2.25. The number of nitrogens with zero attached hydrogens (tertiary/aromatic N) is 2. The number of benzene rings is 1. The molecule has 0 unspecified atom stereocenters. The third-order valence-electron chi connectivity index (χ3n) is 3.37. The summed E-state index contributed by atoms with van der Waals surface area (Å²) in [5.74, 6) is 0.600. The molecule has 2 N–H and O–H groups in total. The highest BCUT2D eigenvalue weighted by molar-refractivity contribution is 6.30. The van der Waals surface area contributed by atoms with Crippen LogP contribution in [0, 0.1) is 6.92 Å². The number of ether oxygens (including phenoxy) is 1. The van der Waals surface area contributed by atoms with Gasteiger partial charge in [-0.15, -0.1) is 0 Å². The number of pyridine rings is 1. The number of alkyl halides is 2. The molecule has 0 aliphatic rings. The zero-order valence-corrected chi connectivity index (χ0v) is 15.4. The van der Waals surface area contributed by atoms with Crippen LogP contribution in [-0.2, 0) is 13.1 Å². The van der Waals surface area contributed by atoms with Gasteiger partial charge in [0.15, 0.2) is 5.96 Å². The largest absolute Gasteiger partial charge is 0.434 e. The van der Waals surface area contributed by atoms with Gasteiger partial charge in [0.25, 0.3) is 0 Å². The van der Waals surface area contributed by atoms with E-state index in [4.69, 9.17) is 11.6 Å². The average molecular weight is 383 g/mol. The summed E-state index contributed by atoms with van der Waals surface area (Å²) < 4.78 is 29.6. The van der Waals surface area contributed by atoms with Gasteiger partial charge >= 0.3 is 6.61 Å². The van der Waals surface area contributed by atoms with Crippen molar-refractivity contribution in [2.75, 3.05) is 6.54 Å². The molecule has 1 aromatic carbocycles. The molecule has 0 saturated carbocycles. The first-order chi connectivity index (χ1) is 12.5. The second-order valence-electron chi connectivity index (χ2n) is 5.45. The summed E-state index contributed by atoms with van der Waals surface area (Å²) in [7, 11) is 0. The number of nitrogens with one attached hydrogen (secondary N) is 2. The zero-order valence-electron chi connectivity index (χ0n) is 14.6. The normalized spacial score (nSPS) is 11.5. The van der Waals surface area contributed by atoms with Crippen LogP contribution in [0.4, 0.5) is 8.78 Å². The van der Waals surface area contributed by atoms with Gasteiger partial charge in [-0.25, -0.2) is 4.99 Å². The molecule has 26 heavy (non-hydrogen) atoms. The van der Waals surface area contributed by atoms with Gasteiger partial charge in [-0.2, -0.15) is 8.78 Å². The Morgan fingerprint density at radius 2 is 2.08 bits per heavy atom. The highest BCUT2D eigenvalue weighted by Gasteiger charge is 2.10. The van der Waals surface area contributed by atoms with Crippen LogP contribution in [0.2, 0.25) is 5.02 Å². The van der Waals surface area contributed by atoms with Crippen LogP contribution in [0.25, 0.3) is 0 Å². The van der Waals surface area contributed by atoms with Crippen molar-refractivity contribution in [3.05, 3.63) is 58.4 Å². The second kappa shape index (κ2) is 9.91. The van der Waals surface area contributed by atoms with Crippen LogP contribution in [0.15, 0.2) is 41.4 Å². The third kappa shape index (κ3) is 6.48. The first-order valence-corrected chi connectivity index (χ1v) is 8.53. The lowest BCUT2D eigenvalue weighted by atomic mass is 10.2. The molecule has 2 rings (SSSR count). The summed E-state index contributed by atoms with van der Waals surface area (Å²) in [6, 6.07) is 10.2. The monoisotopic (exact) mass is 382 g/mol. The van der Waals surface area contributed by atoms with Gasteiger partial charge in [-0.05, 0) is 44.2 Å². The molecule has 0 aliphatic carbocycles. The van der Waals surface area contributed by atoms with E-state index in [1.807, 2.05) is 32.0 Å². The SMILES string of the molecule is CCNC(=NCc1cc(Cl)ccc1OC(F)F)NCc1cccc(C)n1. The Labute approximate surface area is 156 Å². The minimum Gasteiger partial charge on any atom is -0.434 e. The molecule has 0 fully saturated rings. The number of aliphatic imine (C=N–C) groups is 1. The molecule has 1 aromatic heterocycles. The molecule has 140 valence electrons. The van der Waals surface area contributed by atoms with Gasteiger partial charge in [0.1, 0.15) is 5.75 Å². The van der Waals surface area contributed by atoms with E-state index in [0.717, 1.165) is 11.4 Å². The first-order valence-electron chi connectivity index (χ1n) is 8.16. The molecule has 0 aliphatic heterocycles. The summed E-state index contributed by atoms with van der Waals surface area (Å²) in [6.07, 6.45) is 0. The smallest absolute Gasteiger partial charge is 0.387 e. The van der Waals surface area contributed by atoms with Crippen LogP contribution in [0.3, 0.4) is 0 Å². The molecular weight excluding hydrogens is 362 g/mol. The number of halogens is 3. The Morgan fingerprint density at radius 1 is 1.27 bits per heavy atom. The van der Waals surface area contributed by atoms with Gasteiger partial charge in [-0.1, -0.05) is 17.7 Å². The molecule has 0 bridgehead atoms. The van der Waals surface area contributed by atoms with Crippen molar-refractivity contribution in [2.24, 2.45) is 4.99 Å². The zero-order chi connectivity index (χ0) is 18.9. The molecule has 0 atom stereocenters. The van der Waals surface area contributed by atoms with Crippen molar-refractivity contribution < 1.29 is 13.5 Å². The van der Waals surface area contributed by atoms with E-state index >= 15 is 0 Å².